The summed E-state index contributed by atoms with van der Waals surface area (Å²) in [7, 11) is -9.91. The lowest BCUT2D eigenvalue weighted by Crippen LogP contribution is -2.30. The van der Waals surface area contributed by atoms with Crippen molar-refractivity contribution in [3.63, 3.8) is 0 Å². The van der Waals surface area contributed by atoms with Gasteiger partial charge in [0.05, 0.1) is 26.4 Å². The van der Waals surface area contributed by atoms with E-state index in [0.717, 1.165) is 102 Å². The molecule has 0 heterocycles. The van der Waals surface area contributed by atoms with Crippen LogP contribution >= 0.6 is 15.6 Å². The first kappa shape index (κ1) is 93.1. The molecule has 0 aromatic heterocycles. The van der Waals surface area contributed by atoms with E-state index in [9.17, 15) is 43.2 Å². The molecule has 0 rings (SSSR count). The van der Waals surface area contributed by atoms with Crippen molar-refractivity contribution < 1.29 is 80.2 Å². The summed E-state index contributed by atoms with van der Waals surface area (Å²) in [4.78, 5) is 72.7. The molecule has 0 fully saturated rings. The van der Waals surface area contributed by atoms with Crippen LogP contribution in [0.15, 0.2) is 0 Å². The third kappa shape index (κ3) is 70.3. The van der Waals surface area contributed by atoms with Gasteiger partial charge in [0.25, 0.3) is 0 Å². The maximum Gasteiger partial charge on any atom is 0.472 e. The van der Waals surface area contributed by atoms with Crippen LogP contribution in [0.5, 0.6) is 0 Å². The minimum absolute atomic E-state index is 0.102. The van der Waals surface area contributed by atoms with Gasteiger partial charge in [-0.15, -0.1) is 0 Å². The highest BCUT2D eigenvalue weighted by Crippen LogP contribution is 2.45. The first-order valence-corrected chi connectivity index (χ1v) is 42.3. The van der Waals surface area contributed by atoms with Gasteiger partial charge in [0, 0.05) is 25.7 Å². The van der Waals surface area contributed by atoms with E-state index in [1.54, 1.807) is 0 Å². The second-order valence-electron chi connectivity index (χ2n) is 28.8. The summed E-state index contributed by atoms with van der Waals surface area (Å²) in [6, 6.07) is 0. The molecule has 2 unspecified atom stereocenters. The van der Waals surface area contributed by atoms with Gasteiger partial charge in [0.2, 0.25) is 0 Å². The van der Waals surface area contributed by atoms with Crippen LogP contribution in [0.1, 0.15) is 389 Å². The summed E-state index contributed by atoms with van der Waals surface area (Å²) in [5.41, 5.74) is 0. The Kier molecular flexibility index (Phi) is 65.2. The van der Waals surface area contributed by atoms with Crippen LogP contribution in [0, 0.1) is 17.8 Å². The highest BCUT2D eigenvalue weighted by Gasteiger charge is 2.30. The smallest absolute Gasteiger partial charge is 0.462 e. The predicted octanol–water partition coefficient (Wildman–Crippen LogP) is 22.2. The standard InChI is InChI=1S/C76H148O17P2/c1-8-9-10-11-12-13-14-15-20-24-27-30-35-43-50-57-73(78)86-63-71(92-75(80)59-52-45-36-31-28-25-22-19-17-16-18-21-23-26-29-33-40-47-54-67(2)3)65-90-94(82,83)88-61-70(77)62-89-95(84,85)91-66-72(64-87-74(79)58-51-44-39-38-42-49-56-69(6)7)93-76(81)60-53-46-37-32-34-41-48-55-68(4)5/h67-72,77H,8-66H2,1-7H3,(H,82,83)(H,84,85)/t70-,71-,72-/m1/s1. The number of phosphoric ester groups is 2. The van der Waals surface area contributed by atoms with Crippen LogP contribution in [0.4, 0.5) is 0 Å². The molecule has 3 N–H and O–H groups in total. The summed E-state index contributed by atoms with van der Waals surface area (Å²) in [5.74, 6) is 0.0730. The summed E-state index contributed by atoms with van der Waals surface area (Å²) >= 11 is 0. The van der Waals surface area contributed by atoms with Gasteiger partial charge >= 0.3 is 39.5 Å². The van der Waals surface area contributed by atoms with Crippen LogP contribution in [-0.4, -0.2) is 96.7 Å². The first-order valence-electron chi connectivity index (χ1n) is 39.3. The number of carbonyl (C=O) groups is 4. The van der Waals surface area contributed by atoms with Gasteiger partial charge in [0.15, 0.2) is 12.2 Å². The molecule has 564 valence electrons. The summed E-state index contributed by atoms with van der Waals surface area (Å²) in [6.07, 6.45) is 53.1. The Bertz CT molecular complexity index is 1850. The maximum atomic E-state index is 13.1. The van der Waals surface area contributed by atoms with E-state index in [4.69, 9.17) is 37.0 Å². The average molecular weight is 1400 g/mol. The zero-order valence-corrected chi connectivity index (χ0v) is 63.9. The Balaban J connectivity index is 5.19. The summed E-state index contributed by atoms with van der Waals surface area (Å²) in [6.45, 7) is 11.8. The topological polar surface area (TPSA) is 237 Å². The molecule has 19 heteroatoms. The fraction of sp³-hybridized carbons (Fsp3) is 0.947. The quantitative estimate of drug-likeness (QED) is 0.0222. The second kappa shape index (κ2) is 66.6. The van der Waals surface area contributed by atoms with Crippen molar-refractivity contribution in [1.29, 1.82) is 0 Å². The van der Waals surface area contributed by atoms with Crippen molar-refractivity contribution in [3.8, 4) is 0 Å². The summed E-state index contributed by atoms with van der Waals surface area (Å²) < 4.78 is 68.4. The molecule has 0 spiro atoms. The molecular weight excluding hydrogens is 1250 g/mol. The van der Waals surface area contributed by atoms with Crippen molar-refractivity contribution in [2.75, 3.05) is 39.6 Å². The van der Waals surface area contributed by atoms with Crippen LogP contribution in [0.2, 0.25) is 0 Å². The van der Waals surface area contributed by atoms with Gasteiger partial charge in [-0.2, -0.15) is 0 Å². The van der Waals surface area contributed by atoms with E-state index in [-0.39, 0.29) is 25.7 Å². The molecule has 0 aliphatic heterocycles. The van der Waals surface area contributed by atoms with Crippen LogP contribution in [-0.2, 0) is 65.4 Å². The van der Waals surface area contributed by atoms with E-state index in [1.807, 2.05) is 0 Å². The third-order valence-electron chi connectivity index (χ3n) is 17.6. The van der Waals surface area contributed by atoms with Crippen molar-refractivity contribution >= 4 is 39.5 Å². The Labute approximate surface area is 581 Å². The molecule has 0 amide bonds. The fourth-order valence-corrected chi connectivity index (χ4v) is 13.2. The number of unbranched alkanes of at least 4 members (excludes halogenated alkanes) is 42. The van der Waals surface area contributed by atoms with Crippen LogP contribution in [0.3, 0.4) is 0 Å². The van der Waals surface area contributed by atoms with Crippen molar-refractivity contribution in [3.05, 3.63) is 0 Å². The van der Waals surface area contributed by atoms with Gasteiger partial charge in [-0.25, -0.2) is 9.13 Å². The molecule has 0 aromatic carbocycles. The predicted molar refractivity (Wildman–Crippen MR) is 386 cm³/mol. The molecular formula is C76H148O17P2. The Morgan fingerprint density at radius 2 is 0.484 bits per heavy atom. The van der Waals surface area contributed by atoms with Gasteiger partial charge < -0.3 is 33.8 Å². The highest BCUT2D eigenvalue weighted by molar-refractivity contribution is 7.47. The molecule has 0 saturated carbocycles. The molecule has 0 radical (unpaired) electrons. The molecule has 0 aliphatic rings. The Morgan fingerprint density at radius 1 is 0.284 bits per heavy atom. The number of aliphatic hydroxyl groups is 1. The first-order chi connectivity index (χ1) is 45.7. The number of aliphatic hydroxyl groups excluding tert-OH is 1. The van der Waals surface area contributed by atoms with Gasteiger partial charge in [-0.05, 0) is 43.4 Å². The molecule has 0 bridgehead atoms. The molecule has 0 saturated heterocycles. The lowest BCUT2D eigenvalue weighted by molar-refractivity contribution is -0.161. The number of rotatable bonds is 74. The maximum absolute atomic E-state index is 13.1. The van der Waals surface area contributed by atoms with E-state index in [0.29, 0.717) is 37.5 Å². The van der Waals surface area contributed by atoms with E-state index in [1.165, 1.54) is 193 Å². The van der Waals surface area contributed by atoms with Gasteiger partial charge in [-0.1, -0.05) is 337 Å². The zero-order valence-electron chi connectivity index (χ0n) is 62.1. The fourth-order valence-electron chi connectivity index (χ4n) is 11.6. The monoisotopic (exact) mass is 1400 g/mol. The molecule has 0 aliphatic carbocycles. The number of carbonyl (C=O) groups excluding carboxylic acids is 4. The van der Waals surface area contributed by atoms with Gasteiger partial charge in [0.1, 0.15) is 19.3 Å². The largest absolute Gasteiger partial charge is 0.472 e. The third-order valence-corrected chi connectivity index (χ3v) is 19.5. The minimum Gasteiger partial charge on any atom is -0.462 e. The van der Waals surface area contributed by atoms with Crippen LogP contribution in [0.25, 0.3) is 0 Å². The summed E-state index contributed by atoms with van der Waals surface area (Å²) in [5, 5.41) is 10.6. The number of ether oxygens (including phenoxy) is 4. The van der Waals surface area contributed by atoms with Crippen molar-refractivity contribution in [1.82, 2.24) is 0 Å². The Hall–Kier alpha value is -1.94. The zero-order chi connectivity index (χ0) is 70.1. The Morgan fingerprint density at radius 3 is 0.716 bits per heavy atom. The minimum atomic E-state index is -4.96. The number of hydrogen-bond acceptors (Lipinski definition) is 15. The van der Waals surface area contributed by atoms with E-state index in [2.05, 4.69) is 48.5 Å². The van der Waals surface area contributed by atoms with E-state index < -0.39 is 97.5 Å². The van der Waals surface area contributed by atoms with Crippen molar-refractivity contribution in [2.45, 2.75) is 407 Å². The number of hydrogen-bond donors (Lipinski definition) is 3. The van der Waals surface area contributed by atoms with E-state index >= 15 is 0 Å². The normalized spacial score (nSPS) is 14.1. The van der Waals surface area contributed by atoms with Crippen molar-refractivity contribution in [2.24, 2.45) is 17.8 Å². The highest BCUT2D eigenvalue weighted by atomic mass is 31.2. The lowest BCUT2D eigenvalue weighted by Gasteiger charge is -2.21. The molecule has 0 aromatic rings. The van der Waals surface area contributed by atoms with Gasteiger partial charge in [-0.3, -0.25) is 37.3 Å². The molecule has 95 heavy (non-hydrogen) atoms. The molecule has 17 nitrogen and oxygen atoms in total. The average Bonchev–Trinajstić information content (AvgIpc) is 1.40. The molecule has 5 atom stereocenters. The SMILES string of the molecule is CCCCCCCCCCCCCCCCCC(=O)OC[C@H](COP(=O)(O)OC[C@@H](O)COP(=O)(O)OC[C@@H](COC(=O)CCCCCCCCC(C)C)OC(=O)CCCCCCCCCC(C)C)OC(=O)CCCCCCCCCCCCCCCCCCCCC(C)C. The van der Waals surface area contributed by atoms with Crippen LogP contribution < -0.4 is 0 Å². The second-order valence-corrected chi connectivity index (χ2v) is 31.7. The number of phosphoric acid groups is 2. The number of esters is 4. The lowest BCUT2D eigenvalue weighted by atomic mass is 10.0.